The summed E-state index contributed by atoms with van der Waals surface area (Å²) in [6, 6.07) is 7.03. The number of carbonyl (C=O) groups is 2. The number of urea groups is 1. The molecule has 6 nitrogen and oxygen atoms in total. The Bertz CT molecular complexity index is 597. The number of benzene rings is 1. The fraction of sp³-hybridized carbons (Fsp3) is 0.400. The van der Waals surface area contributed by atoms with Gasteiger partial charge in [0, 0.05) is 32.2 Å². The van der Waals surface area contributed by atoms with Crippen LogP contribution >= 0.6 is 0 Å². The number of nitriles is 1. The molecular weight excluding hydrogens is 287 g/mol. The number of anilines is 1. The zero-order chi connectivity index (χ0) is 16.1. The molecule has 1 N–H and O–H groups in total. The van der Waals surface area contributed by atoms with Gasteiger partial charge >= 0.3 is 6.03 Å². The van der Waals surface area contributed by atoms with Gasteiger partial charge in [-0.1, -0.05) is 0 Å². The first-order chi connectivity index (χ1) is 10.5. The van der Waals surface area contributed by atoms with Crippen molar-refractivity contribution in [2.24, 2.45) is 0 Å². The summed E-state index contributed by atoms with van der Waals surface area (Å²) < 4.78 is 12.9. The molecule has 0 bridgehead atoms. The molecule has 0 spiro atoms. The molecule has 7 heteroatoms. The number of nitrogens with one attached hydrogen (secondary N) is 1. The van der Waals surface area contributed by atoms with Crippen molar-refractivity contribution < 1.29 is 14.0 Å². The third-order valence-corrected chi connectivity index (χ3v) is 3.50. The Morgan fingerprint density at radius 1 is 1.50 bits per heavy atom. The van der Waals surface area contributed by atoms with E-state index < -0.39 is 0 Å². The van der Waals surface area contributed by atoms with E-state index >= 15 is 0 Å². The number of carbonyl (C=O) groups excluding carboxylic acids is 2. The molecular formula is C15H17FN4O2. The maximum atomic E-state index is 12.9. The van der Waals surface area contributed by atoms with Crippen LogP contribution in [0.3, 0.4) is 0 Å². The van der Waals surface area contributed by atoms with Crippen molar-refractivity contribution in [2.75, 3.05) is 25.0 Å². The normalized spacial score (nSPS) is 17.2. The van der Waals surface area contributed by atoms with Gasteiger partial charge in [-0.15, -0.1) is 0 Å². The lowest BCUT2D eigenvalue weighted by molar-refractivity contribution is -0.117. The summed E-state index contributed by atoms with van der Waals surface area (Å²) in [6.07, 6.45) is 0.463. The van der Waals surface area contributed by atoms with Gasteiger partial charge in [0.15, 0.2) is 0 Å². The quantitative estimate of drug-likeness (QED) is 0.915. The molecule has 116 valence electrons. The van der Waals surface area contributed by atoms with Crippen molar-refractivity contribution >= 4 is 17.6 Å². The monoisotopic (exact) mass is 304 g/mol. The summed E-state index contributed by atoms with van der Waals surface area (Å²) in [5, 5.41) is 11.3. The molecule has 1 fully saturated rings. The second-order valence-electron chi connectivity index (χ2n) is 5.16. The van der Waals surface area contributed by atoms with Crippen molar-refractivity contribution in [2.45, 2.75) is 18.9 Å². The average Bonchev–Trinajstić information content (AvgIpc) is 2.86. The summed E-state index contributed by atoms with van der Waals surface area (Å²) in [6.45, 7) is 0.687. The van der Waals surface area contributed by atoms with E-state index in [0.29, 0.717) is 18.8 Å². The standard InChI is InChI=1S/C15H17FN4O2/c1-19(8-2-7-17)15(22)18-12-9-14(21)20(10-12)13-5-3-11(16)4-6-13/h3-6,12H,2,8-10H2,1H3,(H,18,22)/t12-/m0/s1. The molecule has 0 unspecified atom stereocenters. The maximum Gasteiger partial charge on any atom is 0.317 e. The first kappa shape index (κ1) is 15.8. The SMILES string of the molecule is CN(CCC#N)C(=O)N[C@H]1CC(=O)N(c2ccc(F)cc2)C1. The van der Waals surface area contributed by atoms with Crippen LogP contribution in [0.1, 0.15) is 12.8 Å². The van der Waals surface area contributed by atoms with Gasteiger partial charge in [-0.25, -0.2) is 9.18 Å². The Labute approximate surface area is 128 Å². The zero-order valence-corrected chi connectivity index (χ0v) is 12.3. The Morgan fingerprint density at radius 2 is 2.18 bits per heavy atom. The third-order valence-electron chi connectivity index (χ3n) is 3.50. The molecule has 1 aromatic rings. The second-order valence-corrected chi connectivity index (χ2v) is 5.16. The minimum absolute atomic E-state index is 0.114. The predicted molar refractivity (Wildman–Crippen MR) is 78.5 cm³/mol. The largest absolute Gasteiger partial charge is 0.333 e. The van der Waals surface area contributed by atoms with Crippen LogP contribution in [0, 0.1) is 17.1 Å². The summed E-state index contributed by atoms with van der Waals surface area (Å²) in [5.74, 6) is -0.476. The van der Waals surface area contributed by atoms with Gasteiger partial charge in [0.2, 0.25) is 5.91 Å². The van der Waals surface area contributed by atoms with E-state index in [4.69, 9.17) is 5.26 Å². The molecule has 22 heavy (non-hydrogen) atoms. The molecule has 1 atom stereocenters. The number of halogens is 1. The van der Waals surface area contributed by atoms with Crippen LogP contribution in [0.2, 0.25) is 0 Å². The summed E-state index contributed by atoms with van der Waals surface area (Å²) >= 11 is 0. The summed E-state index contributed by atoms with van der Waals surface area (Å²) in [5.41, 5.74) is 0.612. The van der Waals surface area contributed by atoms with Crippen molar-refractivity contribution in [3.63, 3.8) is 0 Å². The Balaban J connectivity index is 1.93. The molecule has 0 aliphatic carbocycles. The molecule has 2 rings (SSSR count). The Hall–Kier alpha value is -2.62. The maximum absolute atomic E-state index is 12.9. The molecule has 1 heterocycles. The molecule has 1 aromatic carbocycles. The van der Waals surface area contributed by atoms with E-state index in [-0.39, 0.29) is 36.6 Å². The highest BCUT2D eigenvalue weighted by Gasteiger charge is 2.32. The Morgan fingerprint density at radius 3 is 2.82 bits per heavy atom. The number of rotatable bonds is 4. The van der Waals surface area contributed by atoms with Gasteiger partial charge < -0.3 is 15.1 Å². The molecule has 3 amide bonds. The number of hydrogen-bond donors (Lipinski definition) is 1. The Kier molecular flexibility index (Phi) is 4.94. The fourth-order valence-corrected chi connectivity index (χ4v) is 2.28. The lowest BCUT2D eigenvalue weighted by Crippen LogP contribution is -2.44. The molecule has 0 aromatic heterocycles. The topological polar surface area (TPSA) is 76.4 Å². The molecule has 1 aliphatic rings. The van der Waals surface area contributed by atoms with Crippen molar-refractivity contribution in [1.29, 1.82) is 5.26 Å². The van der Waals surface area contributed by atoms with E-state index in [0.717, 1.165) is 0 Å². The van der Waals surface area contributed by atoms with Crippen molar-refractivity contribution in [3.05, 3.63) is 30.1 Å². The van der Waals surface area contributed by atoms with Gasteiger partial charge in [-0.2, -0.15) is 5.26 Å². The summed E-state index contributed by atoms with van der Waals surface area (Å²) in [4.78, 5) is 26.9. The highest BCUT2D eigenvalue weighted by molar-refractivity contribution is 5.96. The van der Waals surface area contributed by atoms with E-state index in [1.165, 1.54) is 34.1 Å². The number of nitrogens with zero attached hydrogens (tertiary/aromatic N) is 3. The lowest BCUT2D eigenvalue weighted by Gasteiger charge is -2.20. The van der Waals surface area contributed by atoms with Gasteiger partial charge in [0.25, 0.3) is 0 Å². The molecule has 1 saturated heterocycles. The van der Waals surface area contributed by atoms with E-state index in [1.807, 2.05) is 6.07 Å². The minimum Gasteiger partial charge on any atom is -0.333 e. The van der Waals surface area contributed by atoms with Gasteiger partial charge in [0.05, 0.1) is 18.5 Å². The van der Waals surface area contributed by atoms with Crippen LogP contribution in [0.4, 0.5) is 14.9 Å². The van der Waals surface area contributed by atoms with E-state index in [2.05, 4.69) is 5.32 Å². The highest BCUT2D eigenvalue weighted by atomic mass is 19.1. The predicted octanol–water partition coefficient (Wildman–Crippen LogP) is 1.49. The second kappa shape index (κ2) is 6.89. The average molecular weight is 304 g/mol. The molecule has 0 saturated carbocycles. The van der Waals surface area contributed by atoms with Crippen LogP contribution in [0.15, 0.2) is 24.3 Å². The van der Waals surface area contributed by atoms with Gasteiger partial charge in [-0.3, -0.25) is 4.79 Å². The van der Waals surface area contributed by atoms with Crippen LogP contribution in [-0.4, -0.2) is 43.0 Å². The number of hydrogen-bond acceptors (Lipinski definition) is 3. The first-order valence-corrected chi connectivity index (χ1v) is 6.95. The van der Waals surface area contributed by atoms with Gasteiger partial charge in [-0.05, 0) is 24.3 Å². The fourth-order valence-electron chi connectivity index (χ4n) is 2.28. The zero-order valence-electron chi connectivity index (χ0n) is 12.3. The summed E-state index contributed by atoms with van der Waals surface area (Å²) in [7, 11) is 1.60. The van der Waals surface area contributed by atoms with Crippen LogP contribution < -0.4 is 10.2 Å². The third kappa shape index (κ3) is 3.73. The van der Waals surface area contributed by atoms with Crippen LogP contribution in [0.5, 0.6) is 0 Å². The van der Waals surface area contributed by atoms with E-state index in [1.54, 1.807) is 7.05 Å². The minimum atomic E-state index is -0.362. The molecule has 0 radical (unpaired) electrons. The van der Waals surface area contributed by atoms with Crippen molar-refractivity contribution in [1.82, 2.24) is 10.2 Å². The van der Waals surface area contributed by atoms with E-state index in [9.17, 15) is 14.0 Å². The van der Waals surface area contributed by atoms with Crippen molar-refractivity contribution in [3.8, 4) is 6.07 Å². The van der Waals surface area contributed by atoms with Gasteiger partial charge in [0.1, 0.15) is 5.82 Å². The van der Waals surface area contributed by atoms with Crippen LogP contribution in [-0.2, 0) is 4.79 Å². The van der Waals surface area contributed by atoms with Crippen LogP contribution in [0.25, 0.3) is 0 Å². The number of amides is 3. The molecule has 1 aliphatic heterocycles. The first-order valence-electron chi connectivity index (χ1n) is 6.95. The smallest absolute Gasteiger partial charge is 0.317 e. The highest BCUT2D eigenvalue weighted by Crippen LogP contribution is 2.21. The lowest BCUT2D eigenvalue weighted by atomic mass is 10.2.